The molecule has 1 nitrogen and oxygen atoms in total. The molecule has 0 radical (unpaired) electrons. The van der Waals surface area contributed by atoms with Crippen molar-refractivity contribution in [3.8, 4) is 0 Å². The highest BCUT2D eigenvalue weighted by atomic mass is 19.3. The van der Waals surface area contributed by atoms with E-state index in [1.807, 2.05) is 0 Å². The van der Waals surface area contributed by atoms with Gasteiger partial charge in [-0.2, -0.15) is 8.78 Å². The lowest BCUT2D eigenvalue weighted by Crippen LogP contribution is -2.23. The van der Waals surface area contributed by atoms with E-state index in [0.29, 0.717) is 5.56 Å². The summed E-state index contributed by atoms with van der Waals surface area (Å²) in [5.74, 6) is -4.11. The van der Waals surface area contributed by atoms with E-state index in [9.17, 15) is 17.6 Å². The zero-order valence-electron chi connectivity index (χ0n) is 7.18. The summed E-state index contributed by atoms with van der Waals surface area (Å²) in [6.07, 6.45) is -3.70. The largest absolute Gasteiger partial charge is 0.332 e. The monoisotopic (exact) mass is 207 g/mol. The summed E-state index contributed by atoms with van der Waals surface area (Å²) in [6, 6.07) is 4.75. The van der Waals surface area contributed by atoms with Crippen LogP contribution < -0.4 is 5.73 Å². The van der Waals surface area contributed by atoms with Crippen molar-refractivity contribution >= 4 is 0 Å². The molecule has 2 N–H and O–H groups in total. The number of nitrogens with two attached hydrogens (primary N) is 1. The predicted molar refractivity (Wildman–Crippen MR) is 44.2 cm³/mol. The van der Waals surface area contributed by atoms with Gasteiger partial charge in [-0.1, -0.05) is 18.2 Å². The molecule has 0 atom stereocenters. The molecule has 0 bridgehead atoms. The number of alkyl halides is 4. The van der Waals surface area contributed by atoms with Gasteiger partial charge in [-0.15, -0.1) is 0 Å². The van der Waals surface area contributed by atoms with Gasteiger partial charge in [-0.25, -0.2) is 8.78 Å². The van der Waals surface area contributed by atoms with Crippen LogP contribution in [0.5, 0.6) is 0 Å². The third-order valence-corrected chi connectivity index (χ3v) is 1.82. The van der Waals surface area contributed by atoms with Crippen molar-refractivity contribution in [2.75, 3.05) is 0 Å². The van der Waals surface area contributed by atoms with Gasteiger partial charge < -0.3 is 5.73 Å². The van der Waals surface area contributed by atoms with Gasteiger partial charge in [0.2, 0.25) is 0 Å². The number of halogens is 4. The van der Waals surface area contributed by atoms with Crippen molar-refractivity contribution < 1.29 is 17.6 Å². The summed E-state index contributed by atoms with van der Waals surface area (Å²) in [5.41, 5.74) is 4.91. The average Bonchev–Trinajstić information content (AvgIpc) is 2.17. The Bertz CT molecular complexity index is 311. The minimum Gasteiger partial charge on any atom is -0.326 e. The molecule has 0 saturated carbocycles. The number of hydrogen-bond donors (Lipinski definition) is 1. The maximum Gasteiger partial charge on any atom is 0.332 e. The second kappa shape index (κ2) is 3.96. The molecule has 1 aromatic carbocycles. The molecule has 0 aliphatic heterocycles. The molecule has 0 aromatic heterocycles. The van der Waals surface area contributed by atoms with Crippen LogP contribution >= 0.6 is 0 Å². The average molecular weight is 207 g/mol. The van der Waals surface area contributed by atoms with E-state index in [0.717, 1.165) is 12.1 Å². The molecule has 0 amide bonds. The van der Waals surface area contributed by atoms with Gasteiger partial charge in [-0.05, 0) is 11.6 Å². The first-order valence-electron chi connectivity index (χ1n) is 3.94. The molecule has 0 fully saturated rings. The molecular formula is C9H9F4N. The second-order valence-electron chi connectivity index (χ2n) is 2.83. The van der Waals surface area contributed by atoms with Gasteiger partial charge in [0.1, 0.15) is 0 Å². The van der Waals surface area contributed by atoms with Gasteiger partial charge in [0.25, 0.3) is 0 Å². The van der Waals surface area contributed by atoms with Crippen LogP contribution in [0.25, 0.3) is 0 Å². The van der Waals surface area contributed by atoms with Crippen LogP contribution in [-0.4, -0.2) is 6.43 Å². The van der Waals surface area contributed by atoms with E-state index in [1.54, 1.807) is 0 Å². The number of benzene rings is 1. The lowest BCUT2D eigenvalue weighted by Gasteiger charge is -2.15. The van der Waals surface area contributed by atoms with E-state index in [2.05, 4.69) is 0 Å². The van der Waals surface area contributed by atoms with Crippen LogP contribution in [0.4, 0.5) is 17.6 Å². The highest BCUT2D eigenvalue weighted by molar-refractivity contribution is 5.27. The first kappa shape index (κ1) is 11.0. The molecular weight excluding hydrogens is 198 g/mol. The highest BCUT2D eigenvalue weighted by Crippen LogP contribution is 2.34. The van der Waals surface area contributed by atoms with Crippen molar-refractivity contribution in [3.63, 3.8) is 0 Å². The molecule has 0 saturated heterocycles. The van der Waals surface area contributed by atoms with Crippen molar-refractivity contribution in [3.05, 3.63) is 35.4 Å². The van der Waals surface area contributed by atoms with Gasteiger partial charge in [0, 0.05) is 12.1 Å². The van der Waals surface area contributed by atoms with Crippen molar-refractivity contribution in [2.45, 2.75) is 18.9 Å². The maximum absolute atomic E-state index is 12.8. The summed E-state index contributed by atoms with van der Waals surface area (Å²) in [4.78, 5) is 0. The van der Waals surface area contributed by atoms with Crippen LogP contribution in [0.1, 0.15) is 11.1 Å². The van der Waals surface area contributed by atoms with E-state index >= 15 is 0 Å². The third-order valence-electron chi connectivity index (χ3n) is 1.82. The number of hydrogen-bond acceptors (Lipinski definition) is 1. The fraction of sp³-hybridized carbons (Fsp3) is 0.333. The Balaban J connectivity index is 3.06. The predicted octanol–water partition coefficient (Wildman–Crippen LogP) is 2.50. The van der Waals surface area contributed by atoms with E-state index in [4.69, 9.17) is 5.73 Å². The van der Waals surface area contributed by atoms with Crippen LogP contribution in [0.3, 0.4) is 0 Å². The zero-order valence-corrected chi connectivity index (χ0v) is 7.18. The topological polar surface area (TPSA) is 26.0 Å². The summed E-state index contributed by atoms with van der Waals surface area (Å²) in [5, 5.41) is 0. The van der Waals surface area contributed by atoms with Gasteiger partial charge in [0.15, 0.2) is 0 Å². The summed E-state index contributed by atoms with van der Waals surface area (Å²) in [7, 11) is 0. The summed E-state index contributed by atoms with van der Waals surface area (Å²) < 4.78 is 49.5. The normalized spacial score (nSPS) is 12.1. The van der Waals surface area contributed by atoms with E-state index in [-0.39, 0.29) is 6.54 Å². The second-order valence-corrected chi connectivity index (χ2v) is 2.83. The zero-order chi connectivity index (χ0) is 10.8. The summed E-state index contributed by atoms with van der Waals surface area (Å²) >= 11 is 0. The standard InChI is InChI=1S/C9H9F4N/c10-8(11)9(12,13)7-3-1-2-6(4-7)5-14/h1-4,8H,5,14H2. The van der Waals surface area contributed by atoms with Crippen LogP contribution in [0.2, 0.25) is 0 Å². The van der Waals surface area contributed by atoms with Gasteiger partial charge >= 0.3 is 12.3 Å². The van der Waals surface area contributed by atoms with Crippen LogP contribution in [0, 0.1) is 0 Å². The lowest BCUT2D eigenvalue weighted by atomic mass is 10.1. The van der Waals surface area contributed by atoms with Crippen molar-refractivity contribution in [1.82, 2.24) is 0 Å². The lowest BCUT2D eigenvalue weighted by molar-refractivity contribution is -0.135. The summed E-state index contributed by atoms with van der Waals surface area (Å²) in [6.45, 7) is 0.0488. The Morgan fingerprint density at radius 3 is 2.43 bits per heavy atom. The molecule has 0 aliphatic carbocycles. The minimum absolute atomic E-state index is 0.0488. The third kappa shape index (κ3) is 2.04. The molecule has 1 aromatic rings. The minimum atomic E-state index is -4.11. The Hall–Kier alpha value is -1.10. The molecule has 0 unspecified atom stereocenters. The first-order valence-corrected chi connectivity index (χ1v) is 3.94. The maximum atomic E-state index is 12.8. The SMILES string of the molecule is NCc1cccc(C(F)(F)C(F)F)c1. The van der Waals surface area contributed by atoms with Crippen molar-refractivity contribution in [2.24, 2.45) is 5.73 Å². The molecule has 5 heteroatoms. The van der Waals surface area contributed by atoms with Crippen molar-refractivity contribution in [1.29, 1.82) is 0 Å². The van der Waals surface area contributed by atoms with E-state index < -0.39 is 17.9 Å². The quantitative estimate of drug-likeness (QED) is 0.757. The molecule has 1 rings (SSSR count). The van der Waals surface area contributed by atoms with Gasteiger partial charge in [0.05, 0.1) is 0 Å². The van der Waals surface area contributed by atoms with Crippen LogP contribution in [-0.2, 0) is 12.5 Å². The highest BCUT2D eigenvalue weighted by Gasteiger charge is 2.42. The Morgan fingerprint density at radius 1 is 1.29 bits per heavy atom. The Morgan fingerprint density at radius 2 is 1.93 bits per heavy atom. The molecule has 0 spiro atoms. The van der Waals surface area contributed by atoms with E-state index in [1.165, 1.54) is 12.1 Å². The smallest absolute Gasteiger partial charge is 0.326 e. The first-order chi connectivity index (χ1) is 6.48. The Labute approximate surface area is 78.5 Å². The molecule has 78 valence electrons. The number of rotatable bonds is 3. The molecule has 14 heavy (non-hydrogen) atoms. The van der Waals surface area contributed by atoms with Gasteiger partial charge in [-0.3, -0.25) is 0 Å². The fourth-order valence-electron chi connectivity index (χ4n) is 1.03. The molecule has 0 heterocycles. The Kier molecular flexibility index (Phi) is 3.10. The molecule has 0 aliphatic rings. The van der Waals surface area contributed by atoms with Crippen LogP contribution in [0.15, 0.2) is 24.3 Å². The fourth-order valence-corrected chi connectivity index (χ4v) is 1.03.